The summed E-state index contributed by atoms with van der Waals surface area (Å²) in [6, 6.07) is 6.13. The molecule has 0 heterocycles. The van der Waals surface area contributed by atoms with E-state index in [0.717, 1.165) is 11.1 Å². The third-order valence-corrected chi connectivity index (χ3v) is 2.73. The van der Waals surface area contributed by atoms with E-state index >= 15 is 0 Å². The summed E-state index contributed by atoms with van der Waals surface area (Å²) in [5, 5.41) is 9.96. The highest BCUT2D eigenvalue weighted by Gasteiger charge is 2.21. The SMILES string of the molecule is Cc1cccc2c1C(O)C(C)C=C2. The highest BCUT2D eigenvalue weighted by atomic mass is 16.3. The van der Waals surface area contributed by atoms with Crippen LogP contribution in [0.5, 0.6) is 0 Å². The fraction of sp³-hybridized carbons (Fsp3) is 0.333. The standard InChI is InChI=1S/C12H14O/c1-8-4-3-5-10-7-6-9(2)12(13)11(8)10/h3-7,9,12-13H,1-2H3. The predicted molar refractivity (Wildman–Crippen MR) is 54.3 cm³/mol. The minimum atomic E-state index is -0.332. The van der Waals surface area contributed by atoms with Gasteiger partial charge in [0.25, 0.3) is 0 Å². The molecule has 0 radical (unpaired) electrons. The molecule has 0 fully saturated rings. The van der Waals surface area contributed by atoms with Crippen molar-refractivity contribution in [1.82, 2.24) is 0 Å². The fourth-order valence-corrected chi connectivity index (χ4v) is 1.88. The lowest BCUT2D eigenvalue weighted by Gasteiger charge is -2.24. The zero-order chi connectivity index (χ0) is 9.42. The van der Waals surface area contributed by atoms with E-state index in [0.29, 0.717) is 0 Å². The van der Waals surface area contributed by atoms with Crippen LogP contribution in [0.2, 0.25) is 0 Å². The number of aliphatic hydroxyl groups excluding tert-OH is 1. The second-order valence-electron chi connectivity index (χ2n) is 3.74. The van der Waals surface area contributed by atoms with Gasteiger partial charge in [0.05, 0.1) is 6.10 Å². The number of aryl methyl sites for hydroxylation is 1. The van der Waals surface area contributed by atoms with Crippen LogP contribution in [0.1, 0.15) is 29.7 Å². The normalized spacial score (nSPS) is 25.8. The molecule has 0 bridgehead atoms. The quantitative estimate of drug-likeness (QED) is 0.641. The van der Waals surface area contributed by atoms with E-state index in [1.165, 1.54) is 5.56 Å². The van der Waals surface area contributed by atoms with Crippen LogP contribution in [0.15, 0.2) is 24.3 Å². The van der Waals surface area contributed by atoms with Gasteiger partial charge in [-0.3, -0.25) is 0 Å². The first-order valence-electron chi connectivity index (χ1n) is 4.66. The lowest BCUT2D eigenvalue weighted by molar-refractivity contribution is 0.137. The number of fused-ring (bicyclic) bond motifs is 1. The first-order valence-corrected chi connectivity index (χ1v) is 4.66. The Bertz CT molecular complexity index is 352. The van der Waals surface area contributed by atoms with Crippen molar-refractivity contribution in [2.75, 3.05) is 0 Å². The molecule has 0 amide bonds. The number of aliphatic hydroxyl groups is 1. The van der Waals surface area contributed by atoms with Gasteiger partial charge in [-0.05, 0) is 23.6 Å². The number of hydrogen-bond donors (Lipinski definition) is 1. The molecule has 1 aromatic rings. The highest BCUT2D eigenvalue weighted by Crippen LogP contribution is 2.33. The van der Waals surface area contributed by atoms with E-state index in [2.05, 4.69) is 12.2 Å². The number of benzene rings is 1. The molecule has 1 aliphatic carbocycles. The van der Waals surface area contributed by atoms with Crippen molar-refractivity contribution in [2.24, 2.45) is 5.92 Å². The zero-order valence-corrected chi connectivity index (χ0v) is 7.99. The average Bonchev–Trinajstić information content (AvgIpc) is 2.12. The van der Waals surface area contributed by atoms with E-state index < -0.39 is 0 Å². The van der Waals surface area contributed by atoms with Gasteiger partial charge in [-0.1, -0.05) is 37.3 Å². The molecule has 2 unspecified atom stereocenters. The summed E-state index contributed by atoms with van der Waals surface area (Å²) in [5.74, 6) is 0.230. The van der Waals surface area contributed by atoms with Crippen LogP contribution in [0.3, 0.4) is 0 Å². The lowest BCUT2D eigenvalue weighted by atomic mass is 9.85. The topological polar surface area (TPSA) is 20.2 Å². The molecule has 0 saturated carbocycles. The van der Waals surface area contributed by atoms with E-state index in [4.69, 9.17) is 0 Å². The summed E-state index contributed by atoms with van der Waals surface area (Å²) >= 11 is 0. The van der Waals surface area contributed by atoms with Crippen molar-refractivity contribution in [2.45, 2.75) is 20.0 Å². The Balaban J connectivity index is 2.60. The first kappa shape index (κ1) is 8.52. The summed E-state index contributed by atoms with van der Waals surface area (Å²) in [4.78, 5) is 0. The molecule has 1 aliphatic rings. The van der Waals surface area contributed by atoms with Crippen LogP contribution in [0, 0.1) is 12.8 Å². The van der Waals surface area contributed by atoms with E-state index in [1.54, 1.807) is 0 Å². The Labute approximate surface area is 78.7 Å². The molecule has 1 nitrogen and oxygen atoms in total. The van der Waals surface area contributed by atoms with Gasteiger partial charge in [0.15, 0.2) is 0 Å². The van der Waals surface area contributed by atoms with Crippen molar-refractivity contribution >= 4 is 6.08 Å². The Kier molecular flexibility index (Phi) is 1.97. The lowest BCUT2D eigenvalue weighted by Crippen LogP contribution is -2.13. The molecule has 2 rings (SSSR count). The van der Waals surface area contributed by atoms with Crippen LogP contribution in [0.25, 0.3) is 6.08 Å². The fourth-order valence-electron chi connectivity index (χ4n) is 1.88. The maximum Gasteiger partial charge on any atom is 0.0858 e. The summed E-state index contributed by atoms with van der Waals surface area (Å²) < 4.78 is 0. The molecule has 0 saturated heterocycles. The predicted octanol–water partition coefficient (Wildman–Crippen LogP) is 2.69. The van der Waals surface area contributed by atoms with Crippen LogP contribution in [-0.4, -0.2) is 5.11 Å². The van der Waals surface area contributed by atoms with E-state index in [-0.39, 0.29) is 12.0 Å². The highest BCUT2D eigenvalue weighted by molar-refractivity contribution is 5.59. The monoisotopic (exact) mass is 174 g/mol. The molecule has 2 atom stereocenters. The largest absolute Gasteiger partial charge is 0.388 e. The van der Waals surface area contributed by atoms with Gasteiger partial charge in [0.2, 0.25) is 0 Å². The summed E-state index contributed by atoms with van der Waals surface area (Å²) in [7, 11) is 0. The van der Waals surface area contributed by atoms with Crippen molar-refractivity contribution in [3.8, 4) is 0 Å². The third kappa shape index (κ3) is 1.29. The van der Waals surface area contributed by atoms with Crippen LogP contribution >= 0.6 is 0 Å². The maximum atomic E-state index is 9.96. The minimum absolute atomic E-state index is 0.230. The Hall–Kier alpha value is -1.08. The van der Waals surface area contributed by atoms with Crippen LogP contribution < -0.4 is 0 Å². The first-order chi connectivity index (χ1) is 6.20. The van der Waals surface area contributed by atoms with Crippen molar-refractivity contribution in [3.05, 3.63) is 41.0 Å². The van der Waals surface area contributed by atoms with Crippen molar-refractivity contribution < 1.29 is 5.11 Å². The second-order valence-corrected chi connectivity index (χ2v) is 3.74. The van der Waals surface area contributed by atoms with E-state index in [1.807, 2.05) is 32.0 Å². The molecule has 1 N–H and O–H groups in total. The number of rotatable bonds is 0. The molecule has 0 spiro atoms. The van der Waals surface area contributed by atoms with Gasteiger partial charge in [-0.25, -0.2) is 0 Å². The van der Waals surface area contributed by atoms with Crippen LogP contribution in [-0.2, 0) is 0 Å². The maximum absolute atomic E-state index is 9.96. The zero-order valence-electron chi connectivity index (χ0n) is 7.99. The van der Waals surface area contributed by atoms with Gasteiger partial charge < -0.3 is 5.11 Å². The van der Waals surface area contributed by atoms with Crippen LogP contribution in [0.4, 0.5) is 0 Å². The molecule has 1 heteroatoms. The van der Waals surface area contributed by atoms with Gasteiger partial charge in [-0.15, -0.1) is 0 Å². The average molecular weight is 174 g/mol. The second kappa shape index (κ2) is 3.00. The summed E-state index contributed by atoms with van der Waals surface area (Å²) in [6.45, 7) is 4.09. The number of hydrogen-bond acceptors (Lipinski definition) is 1. The third-order valence-electron chi connectivity index (χ3n) is 2.73. The molecule has 0 aromatic heterocycles. The smallest absolute Gasteiger partial charge is 0.0858 e. The van der Waals surface area contributed by atoms with Crippen molar-refractivity contribution in [1.29, 1.82) is 0 Å². The Morgan fingerprint density at radius 2 is 2.08 bits per heavy atom. The Morgan fingerprint density at radius 3 is 2.85 bits per heavy atom. The molecule has 0 aliphatic heterocycles. The molecule has 13 heavy (non-hydrogen) atoms. The molecule has 1 aromatic carbocycles. The molecular formula is C12H14O. The summed E-state index contributed by atoms with van der Waals surface area (Å²) in [5.41, 5.74) is 3.43. The summed E-state index contributed by atoms with van der Waals surface area (Å²) in [6.07, 6.45) is 3.83. The Morgan fingerprint density at radius 1 is 1.31 bits per heavy atom. The molecule has 68 valence electrons. The van der Waals surface area contributed by atoms with E-state index in [9.17, 15) is 5.11 Å². The van der Waals surface area contributed by atoms with Crippen molar-refractivity contribution in [3.63, 3.8) is 0 Å². The molecular weight excluding hydrogens is 160 g/mol. The minimum Gasteiger partial charge on any atom is -0.388 e. The van der Waals surface area contributed by atoms with Gasteiger partial charge in [-0.2, -0.15) is 0 Å². The van der Waals surface area contributed by atoms with Gasteiger partial charge >= 0.3 is 0 Å². The van der Waals surface area contributed by atoms with Gasteiger partial charge in [0.1, 0.15) is 0 Å². The van der Waals surface area contributed by atoms with Gasteiger partial charge in [0, 0.05) is 5.92 Å².